The van der Waals surface area contributed by atoms with E-state index < -0.39 is 30.1 Å². The van der Waals surface area contributed by atoms with Crippen LogP contribution in [0.25, 0.3) is 0 Å². The van der Waals surface area contributed by atoms with Crippen molar-refractivity contribution in [3.8, 4) is 0 Å². The van der Waals surface area contributed by atoms with E-state index in [0.717, 1.165) is 12.8 Å². The molecule has 172 valence electrons. The number of ether oxygens (including phenoxy) is 1. The maximum absolute atomic E-state index is 11.5. The molecular weight excluding hydrogens is 405 g/mol. The molecule has 0 fully saturated rings. The first-order chi connectivity index (χ1) is 13.8. The summed E-state index contributed by atoms with van der Waals surface area (Å²) in [7, 11) is 0. The number of nitrogens with two attached hydrogens (primary N) is 1. The zero-order valence-electron chi connectivity index (χ0n) is 18.5. The molecule has 0 aromatic rings. The molecule has 0 rings (SSSR count). The van der Waals surface area contributed by atoms with Gasteiger partial charge in [-0.2, -0.15) is 0 Å². The molecule has 0 aromatic carbocycles. The molecule has 0 saturated carbocycles. The van der Waals surface area contributed by atoms with Crippen LogP contribution in [0.2, 0.25) is 0 Å². The van der Waals surface area contributed by atoms with Crippen molar-refractivity contribution in [2.24, 2.45) is 5.73 Å². The number of esters is 2. The van der Waals surface area contributed by atoms with Gasteiger partial charge in [0.1, 0.15) is 12.1 Å². The molecule has 0 aromatic heterocycles. The minimum Gasteiger partial charge on any atom is -0.550 e. The fourth-order valence-electron chi connectivity index (χ4n) is 2.27. The fraction of sp³-hybridized carbons (Fsp3) is 0.850. The van der Waals surface area contributed by atoms with Crippen molar-refractivity contribution in [1.29, 1.82) is 0 Å². The molecule has 0 amide bonds. The van der Waals surface area contributed by atoms with Crippen molar-refractivity contribution >= 4 is 17.9 Å². The molecule has 0 bridgehead atoms. The number of carboxylic acids is 1. The van der Waals surface area contributed by atoms with E-state index in [9.17, 15) is 19.5 Å². The number of carbonyl (C=O) groups is 3. The third-order valence-electron chi connectivity index (χ3n) is 4.08. The van der Waals surface area contributed by atoms with Crippen molar-refractivity contribution in [3.05, 3.63) is 0 Å². The first-order valence-corrected chi connectivity index (χ1v) is 10.4. The summed E-state index contributed by atoms with van der Waals surface area (Å²) >= 11 is 0. The van der Waals surface area contributed by atoms with E-state index in [1.807, 2.05) is 0 Å². The first-order valence-electron chi connectivity index (χ1n) is 10.4. The molecule has 0 heterocycles. The maximum Gasteiger partial charge on any atom is 1.00 e. The van der Waals surface area contributed by atoms with Gasteiger partial charge in [0.25, 0.3) is 0 Å². The topological polar surface area (TPSA) is 170 Å². The van der Waals surface area contributed by atoms with Gasteiger partial charge in [-0.25, -0.2) is 4.79 Å². The van der Waals surface area contributed by atoms with Crippen molar-refractivity contribution in [1.82, 2.24) is 0 Å². The van der Waals surface area contributed by atoms with Gasteiger partial charge in [-0.3, -0.25) is 4.79 Å². The normalized spacial score (nSPS) is 11.1. The van der Waals surface area contributed by atoms with Crippen molar-refractivity contribution in [3.63, 3.8) is 0 Å². The molecule has 0 aliphatic heterocycles. The second-order valence-corrected chi connectivity index (χ2v) is 6.91. The fourth-order valence-corrected chi connectivity index (χ4v) is 2.27. The Hall–Kier alpha value is -0.550. The van der Waals surface area contributed by atoms with Crippen molar-refractivity contribution < 1.29 is 69.1 Å². The van der Waals surface area contributed by atoms with Crippen LogP contribution in [0, 0.1) is 0 Å². The standard InChI is InChI=1S/C17H31NO5.C3H8O3.Na/c1-2-3-4-5-6-7-8-9-10-11-16(21)23-17(22)14(18)12-13-15(19)20;4-1-3(6)2-5;/h14H,2-13,18H2,1H3,(H,19,20);3-6H,1-2H2;/q;;+1/p-1. The summed E-state index contributed by atoms with van der Waals surface area (Å²) in [4.78, 5) is 33.2. The molecule has 9 nitrogen and oxygen atoms in total. The summed E-state index contributed by atoms with van der Waals surface area (Å²) < 4.78 is 4.60. The second-order valence-electron chi connectivity index (χ2n) is 6.91. The van der Waals surface area contributed by atoms with Gasteiger partial charge in [0.05, 0.1) is 13.2 Å². The molecule has 0 spiro atoms. The molecule has 30 heavy (non-hydrogen) atoms. The van der Waals surface area contributed by atoms with E-state index >= 15 is 0 Å². The number of aliphatic hydroxyl groups excluding tert-OH is 3. The van der Waals surface area contributed by atoms with Gasteiger partial charge in [0.15, 0.2) is 0 Å². The number of aliphatic hydroxyl groups is 3. The minimum atomic E-state index is -1.28. The third-order valence-corrected chi connectivity index (χ3v) is 4.08. The average Bonchev–Trinajstić information content (AvgIpc) is 2.70. The number of rotatable bonds is 16. The van der Waals surface area contributed by atoms with Gasteiger partial charge in [-0.05, 0) is 19.3 Å². The van der Waals surface area contributed by atoms with Gasteiger partial charge >= 0.3 is 41.5 Å². The molecule has 1 unspecified atom stereocenters. The third kappa shape index (κ3) is 25.5. The summed E-state index contributed by atoms with van der Waals surface area (Å²) in [6.07, 6.45) is 9.04. The summed E-state index contributed by atoms with van der Waals surface area (Å²) in [5.74, 6) is -2.75. The van der Waals surface area contributed by atoms with Crippen LogP contribution >= 0.6 is 0 Å². The van der Waals surface area contributed by atoms with E-state index in [0.29, 0.717) is 6.42 Å². The molecule has 5 N–H and O–H groups in total. The van der Waals surface area contributed by atoms with Gasteiger partial charge in [0.2, 0.25) is 0 Å². The Balaban J connectivity index is -0.000000905. The Labute approximate surface area is 201 Å². The largest absolute Gasteiger partial charge is 1.00 e. The number of carbonyl (C=O) groups excluding carboxylic acids is 3. The molecule has 10 heteroatoms. The first kappa shape index (κ1) is 34.1. The van der Waals surface area contributed by atoms with E-state index in [1.165, 1.54) is 38.5 Å². The van der Waals surface area contributed by atoms with Gasteiger partial charge in [-0.1, -0.05) is 58.3 Å². The van der Waals surface area contributed by atoms with Crippen molar-refractivity contribution in [2.75, 3.05) is 13.2 Å². The number of carboxylic acid groups (broad SMARTS) is 1. The number of hydrogen-bond acceptors (Lipinski definition) is 9. The predicted molar refractivity (Wildman–Crippen MR) is 105 cm³/mol. The molecule has 0 radical (unpaired) electrons. The molecular formula is C20H38NNaO8. The zero-order chi connectivity index (χ0) is 22.5. The quantitative estimate of drug-likeness (QED) is 0.0849. The van der Waals surface area contributed by atoms with E-state index in [1.54, 1.807) is 0 Å². The summed E-state index contributed by atoms with van der Waals surface area (Å²) in [5, 5.41) is 34.3. The number of aliphatic carboxylic acids is 1. The van der Waals surface area contributed by atoms with Crippen molar-refractivity contribution in [2.45, 2.75) is 96.1 Å². The Morgan fingerprint density at radius 3 is 1.77 bits per heavy atom. The van der Waals surface area contributed by atoms with Crippen LogP contribution < -0.4 is 40.4 Å². The van der Waals surface area contributed by atoms with E-state index in [4.69, 9.17) is 21.1 Å². The molecule has 0 aliphatic rings. The monoisotopic (exact) mass is 443 g/mol. The summed E-state index contributed by atoms with van der Waals surface area (Å²) in [6, 6.07) is -1.10. The Morgan fingerprint density at radius 1 is 0.900 bits per heavy atom. The maximum atomic E-state index is 11.5. The van der Waals surface area contributed by atoms with Crippen LogP contribution in [-0.4, -0.2) is 58.6 Å². The van der Waals surface area contributed by atoms with Crippen LogP contribution in [-0.2, 0) is 19.1 Å². The van der Waals surface area contributed by atoms with E-state index in [-0.39, 0.29) is 62.0 Å². The minimum absolute atomic E-state index is 0. The van der Waals surface area contributed by atoms with E-state index in [2.05, 4.69) is 11.7 Å². The Morgan fingerprint density at radius 2 is 1.37 bits per heavy atom. The van der Waals surface area contributed by atoms with Crippen LogP contribution in [0.15, 0.2) is 0 Å². The van der Waals surface area contributed by atoms with Crippen LogP contribution in [0.4, 0.5) is 0 Å². The molecule has 1 atom stereocenters. The molecule has 0 aliphatic carbocycles. The smallest absolute Gasteiger partial charge is 0.550 e. The second kappa shape index (κ2) is 24.7. The summed E-state index contributed by atoms with van der Waals surface area (Å²) in [6.45, 7) is 1.47. The van der Waals surface area contributed by atoms with Crippen LogP contribution in [0.1, 0.15) is 84.0 Å². The number of unbranched alkanes of at least 4 members (excludes halogenated alkanes) is 8. The van der Waals surface area contributed by atoms with Gasteiger partial charge in [-0.15, -0.1) is 0 Å². The van der Waals surface area contributed by atoms with Gasteiger partial charge < -0.3 is 35.7 Å². The average molecular weight is 444 g/mol. The SMILES string of the molecule is CCCCCCCCCCCC(=O)OC(=O)C(N)CCC(=O)[O-].OCC(O)CO.[Na+]. The number of hydrogen-bond donors (Lipinski definition) is 4. The summed E-state index contributed by atoms with van der Waals surface area (Å²) in [5.41, 5.74) is 5.44. The Kier molecular flexibility index (Phi) is 28.1. The van der Waals surface area contributed by atoms with Gasteiger partial charge in [0, 0.05) is 12.4 Å². The zero-order valence-corrected chi connectivity index (χ0v) is 20.5. The predicted octanol–water partition coefficient (Wildman–Crippen LogP) is -2.83. The van der Waals surface area contributed by atoms with Crippen LogP contribution in [0.3, 0.4) is 0 Å². The Bertz CT molecular complexity index is 433. The molecule has 0 saturated heterocycles. The van der Waals surface area contributed by atoms with Crippen LogP contribution in [0.5, 0.6) is 0 Å².